The van der Waals surface area contributed by atoms with Crippen molar-refractivity contribution < 1.29 is 9.59 Å². The molecule has 2 aliphatic heterocycles. The Balaban J connectivity index is 1.49. The van der Waals surface area contributed by atoms with Crippen molar-refractivity contribution in [2.45, 2.75) is 25.7 Å². The number of carbonyl (C=O) groups excluding carboxylic acids is 2. The zero-order chi connectivity index (χ0) is 17.6. The second-order valence-electron chi connectivity index (χ2n) is 6.72. The summed E-state index contributed by atoms with van der Waals surface area (Å²) >= 11 is 0. The van der Waals surface area contributed by atoms with E-state index in [0.717, 1.165) is 50.3 Å². The van der Waals surface area contributed by atoms with Crippen LogP contribution in [0.1, 0.15) is 31.2 Å². The fourth-order valence-corrected chi connectivity index (χ4v) is 3.27. The predicted molar refractivity (Wildman–Crippen MR) is 97.2 cm³/mol. The molecule has 134 valence electrons. The van der Waals surface area contributed by atoms with Gasteiger partial charge in [-0.15, -0.1) is 0 Å². The van der Waals surface area contributed by atoms with Crippen molar-refractivity contribution in [2.24, 2.45) is 5.10 Å². The first-order chi connectivity index (χ1) is 12.1. The van der Waals surface area contributed by atoms with Gasteiger partial charge < -0.3 is 9.80 Å². The van der Waals surface area contributed by atoms with Gasteiger partial charge in [-0.25, -0.2) is 5.01 Å². The molecule has 0 bridgehead atoms. The zero-order valence-corrected chi connectivity index (χ0v) is 14.9. The predicted octanol–water partition coefficient (Wildman–Crippen LogP) is 1.57. The highest BCUT2D eigenvalue weighted by molar-refractivity contribution is 6.02. The Morgan fingerprint density at radius 2 is 1.72 bits per heavy atom. The molecule has 1 fully saturated rings. The maximum atomic E-state index is 12.4. The lowest BCUT2D eigenvalue weighted by Crippen LogP contribution is -2.35. The van der Waals surface area contributed by atoms with E-state index in [4.69, 9.17) is 0 Å². The highest BCUT2D eigenvalue weighted by Gasteiger charge is 2.23. The van der Waals surface area contributed by atoms with Gasteiger partial charge in [0.2, 0.25) is 11.8 Å². The summed E-state index contributed by atoms with van der Waals surface area (Å²) in [5.41, 5.74) is 2.00. The molecule has 25 heavy (non-hydrogen) atoms. The van der Waals surface area contributed by atoms with Crippen LogP contribution in [0.4, 0.5) is 0 Å². The number of hydrazone groups is 1. The third-order valence-electron chi connectivity index (χ3n) is 4.82. The highest BCUT2D eigenvalue weighted by atomic mass is 16.2. The number of likely N-dealkylation sites (N-methyl/N-ethyl adjacent to an activating group) is 1. The number of hydrogen-bond acceptors (Lipinski definition) is 4. The van der Waals surface area contributed by atoms with Gasteiger partial charge in [-0.05, 0) is 25.6 Å². The maximum absolute atomic E-state index is 12.4. The standard InChI is InChI=1S/C19H26N4O2/c1-21-11-5-12-22(15-14-21)18(24)8-9-19(25)23-13-10-17(20-23)16-6-3-2-4-7-16/h2-4,6-7H,5,8-15H2,1H3. The molecule has 1 aromatic carbocycles. The van der Waals surface area contributed by atoms with E-state index in [0.29, 0.717) is 6.54 Å². The van der Waals surface area contributed by atoms with Crippen LogP contribution in [0.2, 0.25) is 0 Å². The van der Waals surface area contributed by atoms with Crippen LogP contribution in [-0.2, 0) is 9.59 Å². The van der Waals surface area contributed by atoms with Gasteiger partial charge in [-0.2, -0.15) is 5.10 Å². The Labute approximate surface area is 149 Å². The molecule has 1 aromatic rings. The Bertz CT molecular complexity index is 644. The summed E-state index contributed by atoms with van der Waals surface area (Å²) in [5, 5.41) is 5.96. The molecule has 3 rings (SSSR count). The SMILES string of the molecule is CN1CCCN(C(=O)CCC(=O)N2CCC(c3ccccc3)=N2)CC1. The van der Waals surface area contributed by atoms with E-state index in [1.807, 2.05) is 35.2 Å². The number of amides is 2. The average molecular weight is 342 g/mol. The van der Waals surface area contributed by atoms with Gasteiger partial charge in [0.1, 0.15) is 0 Å². The fraction of sp³-hybridized carbons (Fsp3) is 0.526. The lowest BCUT2D eigenvalue weighted by molar-refractivity contribution is -0.136. The van der Waals surface area contributed by atoms with Crippen LogP contribution in [0.3, 0.4) is 0 Å². The van der Waals surface area contributed by atoms with Crippen molar-refractivity contribution in [3.63, 3.8) is 0 Å². The van der Waals surface area contributed by atoms with Gasteiger partial charge in [-0.3, -0.25) is 9.59 Å². The molecule has 2 aliphatic rings. The van der Waals surface area contributed by atoms with Crippen LogP contribution < -0.4 is 0 Å². The van der Waals surface area contributed by atoms with E-state index < -0.39 is 0 Å². The minimum absolute atomic E-state index is 0.0637. The largest absolute Gasteiger partial charge is 0.341 e. The minimum Gasteiger partial charge on any atom is -0.341 e. The number of nitrogens with zero attached hydrogens (tertiary/aromatic N) is 4. The van der Waals surface area contributed by atoms with Crippen LogP contribution in [0.25, 0.3) is 0 Å². The molecule has 0 atom stereocenters. The monoisotopic (exact) mass is 342 g/mol. The van der Waals surface area contributed by atoms with E-state index in [-0.39, 0.29) is 24.7 Å². The van der Waals surface area contributed by atoms with E-state index in [1.165, 1.54) is 5.01 Å². The number of benzene rings is 1. The molecule has 0 saturated carbocycles. The lowest BCUT2D eigenvalue weighted by Gasteiger charge is -2.20. The Hall–Kier alpha value is -2.21. The second-order valence-corrected chi connectivity index (χ2v) is 6.72. The third-order valence-corrected chi connectivity index (χ3v) is 4.82. The molecule has 2 amide bonds. The van der Waals surface area contributed by atoms with Crippen molar-refractivity contribution in [1.82, 2.24) is 14.8 Å². The molecule has 0 N–H and O–H groups in total. The van der Waals surface area contributed by atoms with Gasteiger partial charge in [0.15, 0.2) is 0 Å². The third kappa shape index (κ3) is 4.66. The van der Waals surface area contributed by atoms with Crippen LogP contribution in [-0.4, -0.2) is 72.1 Å². The smallest absolute Gasteiger partial charge is 0.243 e. The van der Waals surface area contributed by atoms with Crippen LogP contribution in [0, 0.1) is 0 Å². The van der Waals surface area contributed by atoms with E-state index in [2.05, 4.69) is 17.0 Å². The lowest BCUT2D eigenvalue weighted by atomic mass is 10.1. The molecule has 6 nitrogen and oxygen atoms in total. The normalized spacial score (nSPS) is 18.8. The molecule has 1 saturated heterocycles. The Morgan fingerprint density at radius 3 is 2.52 bits per heavy atom. The molecular formula is C19H26N4O2. The molecule has 2 heterocycles. The molecule has 0 unspecified atom stereocenters. The fourth-order valence-electron chi connectivity index (χ4n) is 3.27. The van der Waals surface area contributed by atoms with E-state index in [1.54, 1.807) is 0 Å². The van der Waals surface area contributed by atoms with Crippen molar-refractivity contribution in [1.29, 1.82) is 0 Å². The molecule has 0 aliphatic carbocycles. The summed E-state index contributed by atoms with van der Waals surface area (Å²) in [4.78, 5) is 28.9. The van der Waals surface area contributed by atoms with Gasteiger partial charge in [-0.1, -0.05) is 30.3 Å². The first-order valence-electron chi connectivity index (χ1n) is 9.03. The number of carbonyl (C=O) groups is 2. The molecule has 0 aromatic heterocycles. The summed E-state index contributed by atoms with van der Waals surface area (Å²) in [6.07, 6.45) is 2.27. The van der Waals surface area contributed by atoms with E-state index in [9.17, 15) is 9.59 Å². The Kier molecular flexibility index (Phi) is 5.81. The molecule has 6 heteroatoms. The maximum Gasteiger partial charge on any atom is 0.243 e. The second kappa shape index (κ2) is 8.25. The van der Waals surface area contributed by atoms with Gasteiger partial charge in [0.25, 0.3) is 0 Å². The summed E-state index contributed by atoms with van der Waals surface area (Å²) in [6.45, 7) is 4.07. The van der Waals surface area contributed by atoms with Gasteiger partial charge >= 0.3 is 0 Å². The van der Waals surface area contributed by atoms with E-state index >= 15 is 0 Å². The first-order valence-corrected chi connectivity index (χ1v) is 9.03. The average Bonchev–Trinajstić information content (AvgIpc) is 3.03. The molecule has 0 radical (unpaired) electrons. The summed E-state index contributed by atoms with van der Waals surface area (Å²) < 4.78 is 0. The van der Waals surface area contributed by atoms with Crippen LogP contribution in [0.15, 0.2) is 35.4 Å². The van der Waals surface area contributed by atoms with Gasteiger partial charge in [0, 0.05) is 38.9 Å². The summed E-state index contributed by atoms with van der Waals surface area (Å²) in [6, 6.07) is 9.92. The van der Waals surface area contributed by atoms with Crippen LogP contribution >= 0.6 is 0 Å². The molecular weight excluding hydrogens is 316 g/mol. The van der Waals surface area contributed by atoms with Crippen molar-refractivity contribution >= 4 is 17.5 Å². The summed E-state index contributed by atoms with van der Waals surface area (Å²) in [5.74, 6) is 0.0151. The quantitative estimate of drug-likeness (QED) is 0.834. The summed E-state index contributed by atoms with van der Waals surface area (Å²) in [7, 11) is 2.08. The van der Waals surface area contributed by atoms with Crippen molar-refractivity contribution in [3.8, 4) is 0 Å². The number of hydrogen-bond donors (Lipinski definition) is 0. The zero-order valence-electron chi connectivity index (χ0n) is 14.9. The van der Waals surface area contributed by atoms with Crippen molar-refractivity contribution in [3.05, 3.63) is 35.9 Å². The minimum atomic E-state index is -0.0637. The number of rotatable bonds is 4. The van der Waals surface area contributed by atoms with Gasteiger partial charge in [0.05, 0.1) is 12.3 Å². The molecule has 0 spiro atoms. The van der Waals surface area contributed by atoms with Crippen LogP contribution in [0.5, 0.6) is 0 Å². The van der Waals surface area contributed by atoms with Crippen molar-refractivity contribution in [2.75, 3.05) is 39.8 Å². The topological polar surface area (TPSA) is 56.2 Å². The first kappa shape index (κ1) is 17.6. The highest BCUT2D eigenvalue weighted by Crippen LogP contribution is 2.15. The Morgan fingerprint density at radius 1 is 0.960 bits per heavy atom.